The summed E-state index contributed by atoms with van der Waals surface area (Å²) in [6, 6.07) is 0.117. The highest BCUT2D eigenvalue weighted by Gasteiger charge is 2.50. The van der Waals surface area contributed by atoms with Gasteiger partial charge in [0.15, 0.2) is 0 Å². The molecule has 1 aliphatic heterocycles. The Morgan fingerprint density at radius 1 is 0.964 bits per heavy atom. The molecule has 4 rings (SSSR count). The number of hydrogen-bond donors (Lipinski definition) is 1. The molecule has 9 heteroatoms. The monoisotopic (exact) mass is 434 g/mol. The van der Waals surface area contributed by atoms with E-state index < -0.39 is 10.2 Å². The van der Waals surface area contributed by atoms with Crippen molar-refractivity contribution in [2.45, 2.75) is 63.5 Å². The lowest BCUT2D eigenvalue weighted by atomic mass is 9.84. The lowest BCUT2D eigenvalue weighted by Gasteiger charge is -2.40. The number of fused-ring (bicyclic) bond motifs is 2. The van der Waals surface area contributed by atoms with Crippen molar-refractivity contribution in [3.8, 4) is 0 Å². The Balaban J connectivity index is 0.00000225. The van der Waals surface area contributed by atoms with E-state index >= 15 is 0 Å². The molecule has 3 saturated carbocycles. The molecular formula is C19H35ClN4O3S. The van der Waals surface area contributed by atoms with Gasteiger partial charge in [0.25, 0.3) is 10.2 Å². The molecule has 1 heterocycles. The van der Waals surface area contributed by atoms with Gasteiger partial charge in [-0.15, -0.1) is 12.4 Å². The van der Waals surface area contributed by atoms with Gasteiger partial charge in [0.2, 0.25) is 5.91 Å². The molecule has 4 unspecified atom stereocenters. The first kappa shape index (κ1) is 22.3. The molecule has 2 N–H and O–H groups in total. The Morgan fingerprint density at radius 3 is 2.14 bits per heavy atom. The molecule has 3 aliphatic carbocycles. The SMILES string of the molecule is CN(C1CCCCC1)S(=O)(=O)N1CCN(C(=O)C2C3CCC(C3)C2N)CC1.Cl. The Labute approximate surface area is 175 Å². The number of nitrogens with two attached hydrogens (primary N) is 1. The van der Waals surface area contributed by atoms with Crippen molar-refractivity contribution in [2.24, 2.45) is 23.5 Å². The van der Waals surface area contributed by atoms with Crippen LogP contribution in [0.4, 0.5) is 0 Å². The first-order valence-corrected chi connectivity index (χ1v) is 12.1. The number of amides is 1. The van der Waals surface area contributed by atoms with Crippen LogP contribution in [0.15, 0.2) is 0 Å². The van der Waals surface area contributed by atoms with Gasteiger partial charge in [-0.05, 0) is 43.9 Å². The molecule has 28 heavy (non-hydrogen) atoms. The predicted molar refractivity (Wildman–Crippen MR) is 111 cm³/mol. The molecule has 162 valence electrons. The van der Waals surface area contributed by atoms with Crippen LogP contribution < -0.4 is 5.73 Å². The van der Waals surface area contributed by atoms with Crippen LogP contribution in [0, 0.1) is 17.8 Å². The fourth-order valence-corrected chi connectivity index (χ4v) is 7.44. The van der Waals surface area contributed by atoms with Crippen LogP contribution in [0.1, 0.15) is 51.4 Å². The summed E-state index contributed by atoms with van der Waals surface area (Å²) >= 11 is 0. The van der Waals surface area contributed by atoms with Crippen LogP contribution in [0.5, 0.6) is 0 Å². The number of nitrogens with zero attached hydrogens (tertiary/aromatic N) is 3. The van der Waals surface area contributed by atoms with Crippen molar-refractivity contribution in [3.63, 3.8) is 0 Å². The van der Waals surface area contributed by atoms with Gasteiger partial charge in [0.05, 0.1) is 5.92 Å². The second-order valence-corrected chi connectivity index (χ2v) is 11.0. The zero-order valence-electron chi connectivity index (χ0n) is 16.8. The highest BCUT2D eigenvalue weighted by molar-refractivity contribution is 7.86. The predicted octanol–water partition coefficient (Wildman–Crippen LogP) is 1.44. The van der Waals surface area contributed by atoms with Crippen molar-refractivity contribution in [1.29, 1.82) is 0 Å². The van der Waals surface area contributed by atoms with Gasteiger partial charge < -0.3 is 10.6 Å². The van der Waals surface area contributed by atoms with Crippen molar-refractivity contribution in [3.05, 3.63) is 0 Å². The number of rotatable bonds is 4. The first-order valence-electron chi connectivity index (χ1n) is 10.7. The van der Waals surface area contributed by atoms with Gasteiger partial charge in [-0.25, -0.2) is 0 Å². The third kappa shape index (κ3) is 3.95. The summed E-state index contributed by atoms with van der Waals surface area (Å²) < 4.78 is 29.1. The van der Waals surface area contributed by atoms with Gasteiger partial charge in [0, 0.05) is 45.3 Å². The van der Waals surface area contributed by atoms with Gasteiger partial charge >= 0.3 is 0 Å². The molecule has 0 aromatic rings. The van der Waals surface area contributed by atoms with E-state index in [1.807, 2.05) is 4.90 Å². The van der Waals surface area contributed by atoms with Crippen LogP contribution in [0.3, 0.4) is 0 Å². The molecule has 4 atom stereocenters. The molecule has 1 saturated heterocycles. The second kappa shape index (κ2) is 8.76. The largest absolute Gasteiger partial charge is 0.340 e. The molecule has 0 aromatic heterocycles. The number of halogens is 1. The summed E-state index contributed by atoms with van der Waals surface area (Å²) in [6.45, 7) is 1.75. The second-order valence-electron chi connectivity index (χ2n) is 8.98. The summed E-state index contributed by atoms with van der Waals surface area (Å²) in [4.78, 5) is 14.9. The summed E-state index contributed by atoms with van der Waals surface area (Å²) in [5, 5.41) is 0. The lowest BCUT2D eigenvalue weighted by Crippen LogP contribution is -2.57. The highest BCUT2D eigenvalue weighted by atomic mass is 35.5. The van der Waals surface area contributed by atoms with Crippen LogP contribution in [0.2, 0.25) is 0 Å². The fourth-order valence-electron chi connectivity index (χ4n) is 5.87. The Morgan fingerprint density at radius 2 is 1.57 bits per heavy atom. The van der Waals surface area contributed by atoms with Crippen molar-refractivity contribution < 1.29 is 13.2 Å². The third-order valence-electron chi connectivity index (χ3n) is 7.60. The quantitative estimate of drug-likeness (QED) is 0.725. The lowest BCUT2D eigenvalue weighted by molar-refractivity contribution is -0.139. The number of hydrogen-bond acceptors (Lipinski definition) is 4. The Hall–Kier alpha value is -0.410. The van der Waals surface area contributed by atoms with Crippen molar-refractivity contribution in [2.75, 3.05) is 33.2 Å². The molecular weight excluding hydrogens is 400 g/mol. The minimum Gasteiger partial charge on any atom is -0.340 e. The van der Waals surface area contributed by atoms with E-state index in [-0.39, 0.29) is 36.3 Å². The van der Waals surface area contributed by atoms with Crippen LogP contribution in [-0.2, 0) is 15.0 Å². The van der Waals surface area contributed by atoms with Gasteiger partial charge in [-0.1, -0.05) is 19.3 Å². The standard InChI is InChI=1S/C19H34N4O3S.ClH/c1-21(16-5-3-2-4-6-16)27(25,26)23-11-9-22(10-12-23)19(24)17-14-7-8-15(13-14)18(17)20;/h14-18H,2-13,20H2,1H3;1H. The van der Waals surface area contributed by atoms with Gasteiger partial charge in [-0.3, -0.25) is 4.79 Å². The maximum absolute atomic E-state index is 13.0. The van der Waals surface area contributed by atoms with Crippen LogP contribution >= 0.6 is 12.4 Å². The molecule has 0 spiro atoms. The van der Waals surface area contributed by atoms with Crippen LogP contribution in [0.25, 0.3) is 0 Å². The Kier molecular flexibility index (Phi) is 6.97. The highest BCUT2D eigenvalue weighted by Crippen LogP contribution is 2.48. The normalized spacial score (nSPS) is 34.6. The average Bonchev–Trinajstić information content (AvgIpc) is 3.29. The Bertz CT molecular complexity index is 660. The molecule has 0 radical (unpaired) electrons. The molecule has 0 aromatic carbocycles. The van der Waals surface area contributed by atoms with E-state index in [1.54, 1.807) is 15.7 Å². The number of carbonyl (C=O) groups is 1. The maximum atomic E-state index is 13.0. The van der Waals surface area contributed by atoms with E-state index in [2.05, 4.69) is 0 Å². The molecule has 7 nitrogen and oxygen atoms in total. The van der Waals surface area contributed by atoms with Crippen molar-refractivity contribution in [1.82, 2.24) is 13.5 Å². The van der Waals surface area contributed by atoms with E-state index in [0.717, 1.165) is 44.9 Å². The average molecular weight is 435 g/mol. The number of piperazine rings is 1. The van der Waals surface area contributed by atoms with Crippen LogP contribution in [-0.4, -0.2) is 73.1 Å². The minimum absolute atomic E-state index is 0. The molecule has 2 bridgehead atoms. The smallest absolute Gasteiger partial charge is 0.282 e. The first-order chi connectivity index (χ1) is 12.9. The number of carbonyl (C=O) groups excluding carboxylic acids is 1. The van der Waals surface area contributed by atoms with E-state index in [4.69, 9.17) is 5.73 Å². The molecule has 4 fully saturated rings. The zero-order valence-corrected chi connectivity index (χ0v) is 18.5. The fraction of sp³-hybridized carbons (Fsp3) is 0.947. The summed E-state index contributed by atoms with van der Waals surface area (Å²) in [6.07, 6.45) is 8.71. The molecule has 4 aliphatic rings. The van der Waals surface area contributed by atoms with E-state index in [1.165, 1.54) is 6.42 Å². The maximum Gasteiger partial charge on any atom is 0.282 e. The zero-order chi connectivity index (χ0) is 19.2. The van der Waals surface area contributed by atoms with Crippen molar-refractivity contribution >= 4 is 28.5 Å². The third-order valence-corrected chi connectivity index (χ3v) is 9.64. The van der Waals surface area contributed by atoms with E-state index in [9.17, 15) is 13.2 Å². The minimum atomic E-state index is -3.44. The van der Waals surface area contributed by atoms with E-state index in [0.29, 0.717) is 38.0 Å². The summed E-state index contributed by atoms with van der Waals surface area (Å²) in [5.41, 5.74) is 6.33. The molecule has 1 amide bonds. The van der Waals surface area contributed by atoms with Gasteiger partial charge in [0.1, 0.15) is 0 Å². The topological polar surface area (TPSA) is 87.0 Å². The summed E-state index contributed by atoms with van der Waals surface area (Å²) in [5.74, 6) is 1.07. The van der Waals surface area contributed by atoms with Gasteiger partial charge in [-0.2, -0.15) is 17.0 Å². The summed E-state index contributed by atoms with van der Waals surface area (Å²) in [7, 11) is -1.73.